The van der Waals surface area contributed by atoms with E-state index < -0.39 is 42.3 Å². The van der Waals surface area contributed by atoms with Gasteiger partial charge >= 0.3 is 5.97 Å². The van der Waals surface area contributed by atoms with E-state index in [-0.39, 0.29) is 19.4 Å². The van der Waals surface area contributed by atoms with Gasteiger partial charge in [-0.3, -0.25) is 14.4 Å². The SMILES string of the molecule is C=C(CC)C(=O)NC(CC)C(=O)NC(CC(=O)OCC)C(CF)(OC)OC. The molecule has 2 N–H and O–H groups in total. The molecule has 0 saturated heterocycles. The number of hydrogen-bond acceptors (Lipinski definition) is 6. The van der Waals surface area contributed by atoms with Gasteiger partial charge in [-0.05, 0) is 19.8 Å². The fraction of sp³-hybridized carbons (Fsp3) is 0.722. The second-order valence-electron chi connectivity index (χ2n) is 5.82. The summed E-state index contributed by atoms with van der Waals surface area (Å²) in [5.74, 6) is -3.56. The molecule has 0 spiro atoms. The number of amides is 2. The Morgan fingerprint density at radius 3 is 2.11 bits per heavy atom. The van der Waals surface area contributed by atoms with Crippen LogP contribution in [0, 0.1) is 0 Å². The third kappa shape index (κ3) is 7.26. The molecular formula is C18H31FN2O6. The summed E-state index contributed by atoms with van der Waals surface area (Å²) < 4.78 is 28.7. The first-order valence-electron chi connectivity index (χ1n) is 8.85. The maximum atomic E-state index is 13.7. The van der Waals surface area contributed by atoms with Gasteiger partial charge in [-0.15, -0.1) is 0 Å². The van der Waals surface area contributed by atoms with Crippen molar-refractivity contribution in [2.75, 3.05) is 27.5 Å². The maximum absolute atomic E-state index is 13.7. The fourth-order valence-electron chi connectivity index (χ4n) is 2.32. The maximum Gasteiger partial charge on any atom is 0.308 e. The number of carbonyl (C=O) groups is 3. The Bertz CT molecular complexity index is 514. The van der Waals surface area contributed by atoms with Crippen molar-refractivity contribution in [2.45, 2.75) is 57.9 Å². The molecule has 2 amide bonds. The molecule has 0 rings (SSSR count). The first-order chi connectivity index (χ1) is 12.7. The van der Waals surface area contributed by atoms with Crippen LogP contribution in [-0.4, -0.2) is 63.2 Å². The Hall–Kier alpha value is -2.00. The molecule has 0 radical (unpaired) electrons. The molecule has 0 saturated carbocycles. The summed E-state index contributed by atoms with van der Waals surface area (Å²) in [7, 11) is 2.41. The highest BCUT2D eigenvalue weighted by Crippen LogP contribution is 2.21. The monoisotopic (exact) mass is 390 g/mol. The van der Waals surface area contributed by atoms with Crippen molar-refractivity contribution in [1.29, 1.82) is 0 Å². The topological polar surface area (TPSA) is 103 Å². The van der Waals surface area contributed by atoms with Gasteiger partial charge in [-0.1, -0.05) is 20.4 Å². The number of halogens is 1. The van der Waals surface area contributed by atoms with E-state index in [2.05, 4.69) is 17.2 Å². The minimum atomic E-state index is -1.86. The molecular weight excluding hydrogens is 359 g/mol. The molecule has 0 fully saturated rings. The number of esters is 1. The van der Waals surface area contributed by atoms with Crippen LogP contribution >= 0.6 is 0 Å². The predicted molar refractivity (Wildman–Crippen MR) is 97.6 cm³/mol. The van der Waals surface area contributed by atoms with Crippen LogP contribution in [0.15, 0.2) is 12.2 Å². The lowest BCUT2D eigenvalue weighted by atomic mass is 10.0. The Labute approximate surface area is 159 Å². The molecule has 9 heteroatoms. The highest BCUT2D eigenvalue weighted by molar-refractivity contribution is 5.96. The van der Waals surface area contributed by atoms with Gasteiger partial charge < -0.3 is 24.8 Å². The van der Waals surface area contributed by atoms with Gasteiger partial charge in [-0.2, -0.15) is 0 Å². The predicted octanol–water partition coefficient (Wildman–Crippen LogP) is 1.24. The number of rotatable bonds is 13. The zero-order valence-electron chi connectivity index (χ0n) is 16.7. The Balaban J connectivity index is 5.42. The van der Waals surface area contributed by atoms with E-state index in [4.69, 9.17) is 14.2 Å². The zero-order chi connectivity index (χ0) is 21.0. The second kappa shape index (κ2) is 12.4. The van der Waals surface area contributed by atoms with Crippen LogP contribution in [0.2, 0.25) is 0 Å². The first kappa shape index (κ1) is 25.0. The van der Waals surface area contributed by atoms with E-state index in [1.54, 1.807) is 20.8 Å². The highest BCUT2D eigenvalue weighted by Gasteiger charge is 2.43. The summed E-state index contributed by atoms with van der Waals surface area (Å²) in [5, 5.41) is 5.10. The Morgan fingerprint density at radius 1 is 1.11 bits per heavy atom. The molecule has 27 heavy (non-hydrogen) atoms. The number of ether oxygens (including phenoxy) is 3. The van der Waals surface area contributed by atoms with Crippen LogP contribution in [0.4, 0.5) is 4.39 Å². The number of hydrogen-bond donors (Lipinski definition) is 2. The quantitative estimate of drug-likeness (QED) is 0.279. The smallest absolute Gasteiger partial charge is 0.308 e. The molecule has 8 nitrogen and oxygen atoms in total. The lowest BCUT2D eigenvalue weighted by molar-refractivity contribution is -0.235. The van der Waals surface area contributed by atoms with Crippen LogP contribution in [0.25, 0.3) is 0 Å². The summed E-state index contributed by atoms with van der Waals surface area (Å²) in [5.41, 5.74) is 0.330. The largest absolute Gasteiger partial charge is 0.466 e. The third-order valence-electron chi connectivity index (χ3n) is 4.18. The zero-order valence-corrected chi connectivity index (χ0v) is 16.7. The normalized spacial score (nSPS) is 13.4. The third-order valence-corrected chi connectivity index (χ3v) is 4.18. The molecule has 0 aliphatic rings. The molecule has 0 aliphatic heterocycles. The molecule has 2 atom stereocenters. The number of nitrogens with one attached hydrogen (secondary N) is 2. The minimum absolute atomic E-state index is 0.134. The van der Waals surface area contributed by atoms with Crippen LogP contribution in [0.5, 0.6) is 0 Å². The molecule has 0 aliphatic carbocycles. The van der Waals surface area contributed by atoms with Crippen LogP contribution in [-0.2, 0) is 28.6 Å². The van der Waals surface area contributed by atoms with Crippen LogP contribution < -0.4 is 10.6 Å². The van der Waals surface area contributed by atoms with Gasteiger partial charge in [0.15, 0.2) is 0 Å². The number of carbonyl (C=O) groups excluding carboxylic acids is 3. The lowest BCUT2D eigenvalue weighted by Gasteiger charge is -2.36. The summed E-state index contributed by atoms with van der Waals surface area (Å²) in [6.07, 6.45) is 0.355. The van der Waals surface area contributed by atoms with Crippen molar-refractivity contribution in [1.82, 2.24) is 10.6 Å². The van der Waals surface area contributed by atoms with E-state index in [1.165, 1.54) is 14.2 Å². The summed E-state index contributed by atoms with van der Waals surface area (Å²) in [4.78, 5) is 36.5. The van der Waals surface area contributed by atoms with Crippen LogP contribution in [0.3, 0.4) is 0 Å². The average molecular weight is 390 g/mol. The average Bonchev–Trinajstić information content (AvgIpc) is 2.66. The van der Waals surface area contributed by atoms with Gasteiger partial charge in [-0.25, -0.2) is 4.39 Å². The molecule has 0 heterocycles. The van der Waals surface area contributed by atoms with E-state index in [0.29, 0.717) is 12.0 Å². The van der Waals surface area contributed by atoms with E-state index >= 15 is 0 Å². The Morgan fingerprint density at radius 2 is 1.70 bits per heavy atom. The second-order valence-corrected chi connectivity index (χ2v) is 5.82. The van der Waals surface area contributed by atoms with Crippen molar-refractivity contribution in [3.05, 3.63) is 12.2 Å². The van der Waals surface area contributed by atoms with Crippen molar-refractivity contribution < 1.29 is 33.0 Å². The van der Waals surface area contributed by atoms with Crippen molar-refractivity contribution in [3.63, 3.8) is 0 Å². The van der Waals surface area contributed by atoms with Crippen molar-refractivity contribution >= 4 is 17.8 Å². The van der Waals surface area contributed by atoms with Gasteiger partial charge in [0.1, 0.15) is 12.7 Å². The molecule has 2 unspecified atom stereocenters. The van der Waals surface area contributed by atoms with Gasteiger partial charge in [0, 0.05) is 19.8 Å². The standard InChI is InChI=1S/C18H31FN2O6/c1-7-12(4)16(23)20-13(8-2)17(24)21-14(10-15(22)27-9-3)18(11-19,25-5)26-6/h13-14H,4,7-11H2,1-3,5-6H3,(H,20,23)(H,21,24). The summed E-state index contributed by atoms with van der Waals surface area (Å²) in [6, 6.07) is -2.05. The minimum Gasteiger partial charge on any atom is -0.466 e. The van der Waals surface area contributed by atoms with Gasteiger partial charge in [0.25, 0.3) is 0 Å². The Kier molecular flexibility index (Phi) is 11.5. The lowest BCUT2D eigenvalue weighted by Crippen LogP contribution is -2.60. The highest BCUT2D eigenvalue weighted by atomic mass is 19.1. The van der Waals surface area contributed by atoms with Crippen molar-refractivity contribution in [2.24, 2.45) is 0 Å². The van der Waals surface area contributed by atoms with E-state index in [0.717, 1.165) is 0 Å². The summed E-state index contributed by atoms with van der Waals surface area (Å²) in [6.45, 7) is 7.75. The first-order valence-corrected chi connectivity index (χ1v) is 8.85. The summed E-state index contributed by atoms with van der Waals surface area (Å²) >= 11 is 0. The number of alkyl halides is 1. The number of methoxy groups -OCH3 is 2. The molecule has 0 aromatic heterocycles. The van der Waals surface area contributed by atoms with Gasteiger partial charge in [0.2, 0.25) is 17.6 Å². The van der Waals surface area contributed by atoms with Crippen molar-refractivity contribution in [3.8, 4) is 0 Å². The molecule has 0 aromatic carbocycles. The van der Waals surface area contributed by atoms with E-state index in [1.807, 2.05) is 0 Å². The van der Waals surface area contributed by atoms with Crippen LogP contribution in [0.1, 0.15) is 40.0 Å². The molecule has 156 valence electrons. The molecule has 0 bridgehead atoms. The fourth-order valence-corrected chi connectivity index (χ4v) is 2.32. The molecule has 0 aromatic rings. The van der Waals surface area contributed by atoms with E-state index in [9.17, 15) is 18.8 Å². The van der Waals surface area contributed by atoms with Gasteiger partial charge in [0.05, 0.1) is 19.1 Å².